The highest BCUT2D eigenvalue weighted by Crippen LogP contribution is 2.25. The Hall–Kier alpha value is -3.53. The quantitative estimate of drug-likeness (QED) is 0.0347. The third-order valence-electron chi connectivity index (χ3n) is 15.7. The molecule has 0 amide bonds. The van der Waals surface area contributed by atoms with Crippen LogP contribution in [0.4, 0.5) is 0 Å². The maximum absolute atomic E-state index is 7.21. The Morgan fingerprint density at radius 3 is 0.990 bits per heavy atom. The molecule has 0 heterocycles. The molecule has 0 spiro atoms. The smallest absolute Gasteiger partial charge is 0.0180 e. The molecule has 0 unspecified atom stereocenters. The van der Waals surface area contributed by atoms with Gasteiger partial charge in [0, 0.05) is 12.3 Å². The first-order chi connectivity index (χ1) is 44.3. The van der Waals surface area contributed by atoms with E-state index in [1.807, 2.05) is 13.0 Å². The van der Waals surface area contributed by atoms with Gasteiger partial charge in [-0.3, -0.25) is 0 Å². The lowest BCUT2D eigenvalue weighted by Gasteiger charge is -2.19. The minimum atomic E-state index is 0. The Morgan fingerprint density at radius 1 is 0.330 bits per heavy atom. The van der Waals surface area contributed by atoms with E-state index in [4.69, 9.17) is 16.9 Å². The first-order valence-corrected chi connectivity index (χ1v) is 39.5. The Balaban J connectivity index is -0.000000189. The van der Waals surface area contributed by atoms with Crippen LogP contribution in [0.3, 0.4) is 0 Å². The van der Waals surface area contributed by atoms with Crippen LogP contribution in [0.1, 0.15) is 389 Å². The maximum atomic E-state index is 7.21. The molecular formula is C94H179N3. The number of nitrogens with two attached hydrogens (primary N) is 2. The molecule has 0 atom stereocenters. The number of unbranched alkanes of at least 4 members (excludes halogenated alkanes) is 11. The molecule has 0 saturated heterocycles. The van der Waals surface area contributed by atoms with Gasteiger partial charge in [-0.15, -0.1) is 0 Å². The van der Waals surface area contributed by atoms with Gasteiger partial charge in [0.2, 0.25) is 0 Å². The van der Waals surface area contributed by atoms with Crippen molar-refractivity contribution in [3.63, 3.8) is 0 Å². The standard InChI is InChI=1S/2C13H20.C12H19N.C11H16.C10H21N.C10H22.C9H20.C7H17N.C7H16.2CH4/c1-5-11-6-8-12(9-7-11)10-13(2,3)4;1-5-11-7-6-8-12(9-11)10-13(2,3)4;1-12(2,3)8-10-6-4-5-7-11(10)9-13;1-11(2,3)9-10-7-5-4-6-8-10;1-9(2)7-5-4-6-8-10(3)11;1-4-5-6-7-8-9-10(2)3;1-4-5-6-7-8-9(2)3;1-7(2)5-3-4-6-8;1-4-5-6-7(2)3;;/h2*6-9H,5,10H2,1-4H3;4-7H,8-9,13H2,1-3H3;4-8H,9H2,1-3H3;9,11H,4-8H2,1-3H3;10H,4-9H2,1-3H3;9H,4-8H2,1-3H3;7H,3-6,8H2,1-2H3;7H,4-6H2,1-3H3;2*1H4. The van der Waals surface area contributed by atoms with E-state index in [2.05, 4.69) is 284 Å². The van der Waals surface area contributed by atoms with E-state index < -0.39 is 0 Å². The summed E-state index contributed by atoms with van der Waals surface area (Å²) in [5.74, 6) is 4.40. The molecule has 0 radical (unpaired) electrons. The number of aryl methyl sites for hydroxylation is 2. The minimum Gasteiger partial charge on any atom is -0.330 e. The molecule has 0 aliphatic heterocycles. The summed E-state index contributed by atoms with van der Waals surface area (Å²) in [5, 5.41) is 7.21. The monoisotopic (exact) mass is 1350 g/mol. The Labute approximate surface area is 614 Å². The normalized spacial score (nSPS) is 10.9. The van der Waals surface area contributed by atoms with Crippen LogP contribution < -0.4 is 11.5 Å². The van der Waals surface area contributed by atoms with Crippen LogP contribution >= 0.6 is 0 Å². The lowest BCUT2D eigenvalue weighted by atomic mass is 9.86. The van der Waals surface area contributed by atoms with Crippen molar-refractivity contribution < 1.29 is 0 Å². The van der Waals surface area contributed by atoms with Crippen LogP contribution in [0.15, 0.2) is 103 Å². The fourth-order valence-electron chi connectivity index (χ4n) is 10.4. The van der Waals surface area contributed by atoms with E-state index in [0.29, 0.717) is 28.2 Å². The lowest BCUT2D eigenvalue weighted by molar-refractivity contribution is 0.409. The summed E-state index contributed by atoms with van der Waals surface area (Å²) < 4.78 is 0. The van der Waals surface area contributed by atoms with Gasteiger partial charge in [0.05, 0.1) is 0 Å². The Bertz CT molecular complexity index is 2200. The van der Waals surface area contributed by atoms with Crippen LogP contribution in [0.5, 0.6) is 0 Å². The van der Waals surface area contributed by atoms with E-state index in [9.17, 15) is 0 Å². The molecule has 5 N–H and O–H groups in total. The van der Waals surface area contributed by atoms with E-state index in [0.717, 1.165) is 80.4 Å². The average Bonchev–Trinajstić information content (AvgIpc) is 1.20. The van der Waals surface area contributed by atoms with Gasteiger partial charge in [-0.2, -0.15) is 0 Å². The summed E-state index contributed by atoms with van der Waals surface area (Å²) >= 11 is 0. The van der Waals surface area contributed by atoms with Crippen molar-refractivity contribution in [3.8, 4) is 0 Å². The fourth-order valence-corrected chi connectivity index (χ4v) is 10.4. The molecule has 570 valence electrons. The third kappa shape index (κ3) is 90.5. The molecule has 97 heavy (non-hydrogen) atoms. The predicted octanol–water partition coefficient (Wildman–Crippen LogP) is 30.8. The summed E-state index contributed by atoms with van der Waals surface area (Å²) in [7, 11) is 0. The number of nitrogens with one attached hydrogen (secondary N) is 1. The number of hydrogen-bond acceptors (Lipinski definition) is 3. The number of rotatable bonds is 31. The highest BCUT2D eigenvalue weighted by Gasteiger charge is 2.14. The van der Waals surface area contributed by atoms with Gasteiger partial charge in [0.25, 0.3) is 0 Å². The second-order valence-electron chi connectivity index (χ2n) is 34.6. The second kappa shape index (κ2) is 68.3. The zero-order valence-corrected chi connectivity index (χ0v) is 69.6. The summed E-state index contributed by atoms with van der Waals surface area (Å²) in [6.45, 7) is 64.6. The zero-order valence-electron chi connectivity index (χ0n) is 69.6. The minimum absolute atomic E-state index is 0. The van der Waals surface area contributed by atoms with E-state index >= 15 is 0 Å². The highest BCUT2D eigenvalue weighted by molar-refractivity contribution is 5.78. The van der Waals surface area contributed by atoms with Crippen LogP contribution in [0.2, 0.25) is 0 Å². The Kier molecular flexibility index (Phi) is 75.2. The number of benzene rings is 4. The van der Waals surface area contributed by atoms with Gasteiger partial charge < -0.3 is 16.9 Å². The van der Waals surface area contributed by atoms with E-state index in [1.54, 1.807) is 0 Å². The van der Waals surface area contributed by atoms with Crippen molar-refractivity contribution in [1.82, 2.24) is 0 Å². The van der Waals surface area contributed by atoms with Gasteiger partial charge >= 0.3 is 0 Å². The molecular weight excluding hydrogens is 1170 g/mol. The largest absolute Gasteiger partial charge is 0.330 e. The van der Waals surface area contributed by atoms with Crippen LogP contribution in [0, 0.1) is 56.7 Å². The molecule has 0 saturated carbocycles. The van der Waals surface area contributed by atoms with E-state index in [1.165, 1.54) is 180 Å². The molecule has 3 heteroatoms. The summed E-state index contributed by atoms with van der Waals surface area (Å²) in [6, 6.07) is 37.0. The van der Waals surface area contributed by atoms with Crippen LogP contribution in [-0.4, -0.2) is 12.3 Å². The number of hydrogen-bond donors (Lipinski definition) is 3. The van der Waals surface area contributed by atoms with Crippen molar-refractivity contribution in [2.75, 3.05) is 6.54 Å². The van der Waals surface area contributed by atoms with Crippen LogP contribution in [0.25, 0.3) is 0 Å². The molecule has 0 fully saturated rings. The molecule has 4 rings (SSSR count). The fraction of sp³-hybridized carbons (Fsp3) is 0.734. The Morgan fingerprint density at radius 2 is 0.639 bits per heavy atom. The van der Waals surface area contributed by atoms with Crippen molar-refractivity contribution in [2.45, 2.75) is 395 Å². The van der Waals surface area contributed by atoms with Crippen LogP contribution in [-0.2, 0) is 45.1 Å². The van der Waals surface area contributed by atoms with Crippen molar-refractivity contribution >= 4 is 5.71 Å². The first-order valence-electron chi connectivity index (χ1n) is 39.5. The van der Waals surface area contributed by atoms with Gasteiger partial charge in [0.1, 0.15) is 0 Å². The summed E-state index contributed by atoms with van der Waals surface area (Å²) in [4.78, 5) is 0. The van der Waals surface area contributed by atoms with Crippen molar-refractivity contribution in [3.05, 3.63) is 142 Å². The second-order valence-corrected chi connectivity index (χ2v) is 34.6. The van der Waals surface area contributed by atoms with Crippen molar-refractivity contribution in [1.29, 1.82) is 5.41 Å². The average molecular weight is 1350 g/mol. The molecule has 4 aromatic rings. The first kappa shape index (κ1) is 107. The van der Waals surface area contributed by atoms with Gasteiger partial charge in [-0.1, -0.05) is 427 Å². The predicted molar refractivity (Wildman–Crippen MR) is 454 cm³/mol. The summed E-state index contributed by atoms with van der Waals surface area (Å²) in [6.07, 6.45) is 36.6. The van der Waals surface area contributed by atoms with Crippen molar-refractivity contribution in [2.24, 2.45) is 62.7 Å². The SMILES string of the molecule is C.C.CC(=N)CCCCCC(C)C.CC(C)(C)Cc1ccccc1.CC(C)(C)Cc1ccccc1CN.CC(C)CCCCN.CCCCC(C)C.CCCCCCC(C)C.CCCCCCCC(C)C.CCc1ccc(CC(C)(C)C)cc1.CCc1cccc(CC(C)(C)C)c1. The topological polar surface area (TPSA) is 75.9 Å². The lowest BCUT2D eigenvalue weighted by Crippen LogP contribution is -2.12. The molecule has 0 bridgehead atoms. The van der Waals surface area contributed by atoms with Gasteiger partial charge in [-0.05, 0) is 161 Å². The van der Waals surface area contributed by atoms with E-state index in [-0.39, 0.29) is 14.9 Å². The molecule has 4 aromatic carbocycles. The van der Waals surface area contributed by atoms with Gasteiger partial charge in [0.15, 0.2) is 0 Å². The molecule has 0 aliphatic carbocycles. The zero-order chi connectivity index (χ0) is 73.7. The highest BCUT2D eigenvalue weighted by atomic mass is 14.5. The molecule has 0 aromatic heterocycles. The maximum Gasteiger partial charge on any atom is 0.0180 e. The molecule has 3 nitrogen and oxygen atoms in total. The van der Waals surface area contributed by atoms with Gasteiger partial charge in [-0.25, -0.2) is 0 Å². The summed E-state index contributed by atoms with van der Waals surface area (Å²) in [5.41, 5.74) is 23.2. The third-order valence-corrected chi connectivity index (χ3v) is 15.7. The molecule has 0 aliphatic rings.